The fourth-order valence-corrected chi connectivity index (χ4v) is 6.55. The fourth-order valence-electron chi connectivity index (χ4n) is 6.23. The predicted molar refractivity (Wildman–Crippen MR) is 189 cm³/mol. The number of carbonyl (C=O) groups is 1. The van der Waals surface area contributed by atoms with Gasteiger partial charge in [-0.05, 0) is 61.4 Å². The van der Waals surface area contributed by atoms with Crippen LogP contribution in [0, 0.1) is 12.8 Å². The highest BCUT2D eigenvalue weighted by Crippen LogP contribution is 2.40. The average molecular weight is 700 g/mol. The van der Waals surface area contributed by atoms with Gasteiger partial charge in [-0.25, -0.2) is 23.7 Å². The molecule has 0 saturated heterocycles. The molecule has 0 aliphatic heterocycles. The van der Waals surface area contributed by atoms with Crippen LogP contribution in [0.15, 0.2) is 61.4 Å². The molecule has 5 aromatic rings. The first-order valence-corrected chi connectivity index (χ1v) is 16.5. The summed E-state index contributed by atoms with van der Waals surface area (Å²) in [6, 6.07) is 13.2. The van der Waals surface area contributed by atoms with E-state index < -0.39 is 12.2 Å². The minimum Gasteiger partial charge on any atom is -0.480 e. The Balaban J connectivity index is 1.25. The Kier molecular flexibility index (Phi) is 10.6. The normalized spacial score (nSPS) is 16.0. The number of methoxy groups -OCH3 is 2. The summed E-state index contributed by atoms with van der Waals surface area (Å²) in [5.41, 5.74) is 6.16. The van der Waals surface area contributed by atoms with Crippen LogP contribution in [0.1, 0.15) is 54.8 Å². The number of benzene rings is 2. The number of aromatic nitrogens is 5. The molecule has 10 nitrogen and oxygen atoms in total. The van der Waals surface area contributed by atoms with E-state index in [0.29, 0.717) is 51.2 Å². The molecule has 50 heavy (non-hydrogen) atoms. The van der Waals surface area contributed by atoms with Crippen LogP contribution in [0.25, 0.3) is 39.5 Å². The van der Waals surface area contributed by atoms with Crippen LogP contribution in [0.4, 0.5) is 20.3 Å². The molecule has 0 radical (unpaired) electrons. The maximum atomic E-state index is 13.8. The van der Waals surface area contributed by atoms with E-state index in [1.54, 1.807) is 31.6 Å². The first-order chi connectivity index (χ1) is 24.2. The van der Waals surface area contributed by atoms with Gasteiger partial charge in [0.2, 0.25) is 5.88 Å². The van der Waals surface area contributed by atoms with E-state index >= 15 is 0 Å². The SMILES string of the molecule is C=Cc1cnc2c(Nc3cccc(-c4cccc(-c5cnc(CNC6CCC(C(=O)OC)CC6)c(OC)n5)c4Cl)c3C)nc(C(F)F)nc2c1. The molecule has 2 N–H and O–H groups in total. The maximum absolute atomic E-state index is 13.8. The largest absolute Gasteiger partial charge is 0.480 e. The van der Waals surface area contributed by atoms with E-state index in [0.717, 1.165) is 42.4 Å². The number of nitrogens with one attached hydrogen (secondary N) is 2. The maximum Gasteiger partial charge on any atom is 0.308 e. The smallest absolute Gasteiger partial charge is 0.308 e. The molecular weight excluding hydrogens is 664 g/mol. The van der Waals surface area contributed by atoms with Gasteiger partial charge in [-0.2, -0.15) is 0 Å². The highest BCUT2D eigenvalue weighted by atomic mass is 35.5. The van der Waals surface area contributed by atoms with Gasteiger partial charge in [0.15, 0.2) is 11.6 Å². The van der Waals surface area contributed by atoms with E-state index in [4.69, 9.17) is 26.1 Å². The Morgan fingerprint density at radius 3 is 2.48 bits per heavy atom. The number of halogens is 3. The molecule has 0 bridgehead atoms. The fraction of sp³-hybridized carbons (Fsp3) is 0.297. The van der Waals surface area contributed by atoms with Gasteiger partial charge in [-0.15, -0.1) is 0 Å². The zero-order valence-electron chi connectivity index (χ0n) is 27.8. The van der Waals surface area contributed by atoms with Crippen molar-refractivity contribution in [1.82, 2.24) is 30.2 Å². The summed E-state index contributed by atoms with van der Waals surface area (Å²) in [5.74, 6) is -0.245. The minimum atomic E-state index is -2.87. The number of hydrogen-bond donors (Lipinski definition) is 2. The molecule has 1 fully saturated rings. The topological polar surface area (TPSA) is 124 Å². The van der Waals surface area contributed by atoms with E-state index in [1.165, 1.54) is 7.11 Å². The minimum absolute atomic E-state index is 0.0434. The van der Waals surface area contributed by atoms with Crippen molar-refractivity contribution < 1.29 is 23.0 Å². The van der Waals surface area contributed by atoms with Gasteiger partial charge in [0, 0.05) is 35.6 Å². The summed E-state index contributed by atoms with van der Waals surface area (Å²) in [7, 11) is 2.98. The monoisotopic (exact) mass is 699 g/mol. The Labute approximate surface area is 293 Å². The van der Waals surface area contributed by atoms with Gasteiger partial charge in [-0.3, -0.25) is 14.8 Å². The lowest BCUT2D eigenvalue weighted by atomic mass is 9.86. The van der Waals surface area contributed by atoms with Gasteiger partial charge in [-0.1, -0.05) is 54.6 Å². The molecule has 13 heteroatoms. The lowest BCUT2D eigenvalue weighted by molar-refractivity contribution is -0.146. The van der Waals surface area contributed by atoms with Crippen molar-refractivity contribution in [3.8, 4) is 28.3 Å². The quantitative estimate of drug-likeness (QED) is 0.130. The third-order valence-electron chi connectivity index (χ3n) is 8.98. The molecule has 0 unspecified atom stereocenters. The van der Waals surface area contributed by atoms with Crippen LogP contribution in [0.3, 0.4) is 0 Å². The molecule has 0 spiro atoms. The zero-order chi connectivity index (χ0) is 35.4. The molecule has 0 amide bonds. The highest BCUT2D eigenvalue weighted by Gasteiger charge is 2.27. The zero-order valence-corrected chi connectivity index (χ0v) is 28.6. The number of rotatable bonds is 11. The van der Waals surface area contributed by atoms with Crippen LogP contribution in [-0.2, 0) is 16.1 Å². The Morgan fingerprint density at radius 2 is 1.76 bits per heavy atom. The lowest BCUT2D eigenvalue weighted by Crippen LogP contribution is -2.35. The van der Waals surface area contributed by atoms with Crippen LogP contribution >= 0.6 is 11.6 Å². The molecule has 3 heterocycles. The van der Waals surface area contributed by atoms with Crippen molar-refractivity contribution in [2.45, 2.75) is 51.6 Å². The van der Waals surface area contributed by atoms with Gasteiger partial charge in [0.05, 0.1) is 42.6 Å². The number of carbonyl (C=O) groups excluding carboxylic acids is 1. The number of nitrogens with zero attached hydrogens (tertiary/aromatic N) is 5. The molecule has 1 aliphatic carbocycles. The predicted octanol–water partition coefficient (Wildman–Crippen LogP) is 8.26. The summed E-state index contributed by atoms with van der Waals surface area (Å²) in [4.78, 5) is 33.8. The van der Waals surface area contributed by atoms with E-state index in [9.17, 15) is 13.6 Å². The van der Waals surface area contributed by atoms with Crippen LogP contribution in [0.5, 0.6) is 5.88 Å². The number of esters is 1. The van der Waals surface area contributed by atoms with Crippen molar-refractivity contribution in [2.24, 2.45) is 5.92 Å². The third-order valence-corrected chi connectivity index (χ3v) is 9.39. The third kappa shape index (κ3) is 7.26. The summed E-state index contributed by atoms with van der Waals surface area (Å²) >= 11 is 7.07. The van der Waals surface area contributed by atoms with Crippen molar-refractivity contribution in [3.63, 3.8) is 0 Å². The highest BCUT2D eigenvalue weighted by molar-refractivity contribution is 6.36. The summed E-state index contributed by atoms with van der Waals surface area (Å²) < 4.78 is 38.1. The number of ether oxygens (including phenoxy) is 2. The second-order valence-electron chi connectivity index (χ2n) is 12.0. The number of anilines is 2. The van der Waals surface area contributed by atoms with Crippen LogP contribution in [0.2, 0.25) is 5.02 Å². The van der Waals surface area contributed by atoms with Crippen molar-refractivity contribution in [1.29, 1.82) is 0 Å². The first kappa shape index (κ1) is 34.8. The average Bonchev–Trinajstić information content (AvgIpc) is 3.14. The lowest BCUT2D eigenvalue weighted by Gasteiger charge is -2.27. The first-order valence-electron chi connectivity index (χ1n) is 16.2. The van der Waals surface area contributed by atoms with E-state index in [2.05, 4.69) is 37.1 Å². The standard InChI is InChI=1S/C37H36ClF2N7O3/c1-5-21-16-28-32(43-17-21)34(47-35(45-28)33(39)40)44-27-11-7-8-24(20(27)2)25-9-6-10-26(31(25)38)29-18-42-30(36(46-29)49-3)19-41-23-14-12-22(13-15-23)37(48)50-4/h5-11,16-18,22-23,33,41H,1,12-15,19H2,2-4H3,(H,44,45,47). The molecular formula is C37H36ClF2N7O3. The summed E-state index contributed by atoms with van der Waals surface area (Å²) in [6.07, 6.45) is 5.27. The molecule has 0 atom stereocenters. The summed E-state index contributed by atoms with van der Waals surface area (Å²) in [6.45, 7) is 6.10. The molecule has 258 valence electrons. The van der Waals surface area contributed by atoms with E-state index in [-0.39, 0.29) is 29.3 Å². The van der Waals surface area contributed by atoms with Crippen LogP contribution in [-0.4, -0.2) is 51.2 Å². The molecule has 1 aliphatic rings. The van der Waals surface area contributed by atoms with Gasteiger partial charge < -0.3 is 20.1 Å². The summed E-state index contributed by atoms with van der Waals surface area (Å²) in [5, 5.41) is 7.19. The second kappa shape index (κ2) is 15.2. The molecule has 1 saturated carbocycles. The second-order valence-corrected chi connectivity index (χ2v) is 12.4. The molecule has 3 aromatic heterocycles. The van der Waals surface area contributed by atoms with Crippen molar-refractivity contribution >= 4 is 46.2 Å². The Morgan fingerprint density at radius 1 is 1.02 bits per heavy atom. The number of hydrogen-bond acceptors (Lipinski definition) is 10. The number of fused-ring (bicyclic) bond motifs is 1. The van der Waals surface area contributed by atoms with Crippen LogP contribution < -0.4 is 15.4 Å². The van der Waals surface area contributed by atoms with Gasteiger partial charge >= 0.3 is 5.97 Å². The van der Waals surface area contributed by atoms with E-state index in [1.807, 2.05) is 43.3 Å². The Hall–Kier alpha value is -5.07. The number of alkyl halides is 2. The molecule has 6 rings (SSSR count). The van der Waals surface area contributed by atoms with Gasteiger partial charge in [0.25, 0.3) is 6.43 Å². The Bertz CT molecular complexity index is 2050. The molecule has 2 aromatic carbocycles. The van der Waals surface area contributed by atoms with Gasteiger partial charge in [0.1, 0.15) is 11.2 Å². The van der Waals surface area contributed by atoms with Crippen molar-refractivity contribution in [3.05, 3.63) is 89.1 Å². The van der Waals surface area contributed by atoms with Crippen molar-refractivity contribution in [2.75, 3.05) is 19.5 Å². The number of pyridine rings is 1.